The predicted molar refractivity (Wildman–Crippen MR) is 123 cm³/mol. The fourth-order valence-corrected chi connectivity index (χ4v) is 3.86. The summed E-state index contributed by atoms with van der Waals surface area (Å²) in [5.74, 6) is 1.00. The maximum atomic E-state index is 6.11. The highest BCUT2D eigenvalue weighted by Crippen LogP contribution is 2.35. The highest BCUT2D eigenvalue weighted by atomic mass is 16.5. The molecule has 5 nitrogen and oxygen atoms in total. The van der Waals surface area contributed by atoms with Crippen molar-refractivity contribution < 1.29 is 9.47 Å². The number of aromatic nitrogens is 3. The Morgan fingerprint density at radius 2 is 1.77 bits per heavy atom. The minimum absolute atomic E-state index is 0.0462. The third kappa shape index (κ3) is 4.36. The van der Waals surface area contributed by atoms with Gasteiger partial charge in [-0.1, -0.05) is 20.8 Å². The Morgan fingerprint density at radius 1 is 1.03 bits per heavy atom. The van der Waals surface area contributed by atoms with Crippen molar-refractivity contribution in [3.05, 3.63) is 41.2 Å². The second-order valence-corrected chi connectivity index (χ2v) is 8.67. The molecule has 0 spiro atoms. The minimum atomic E-state index is 0.0462. The molecule has 0 aromatic carbocycles. The van der Waals surface area contributed by atoms with Crippen LogP contribution in [0, 0.1) is 13.8 Å². The molecule has 0 saturated heterocycles. The Bertz CT molecular complexity index is 1020. The molecule has 3 heterocycles. The van der Waals surface area contributed by atoms with Gasteiger partial charge in [-0.2, -0.15) is 0 Å². The van der Waals surface area contributed by atoms with E-state index in [0.717, 1.165) is 40.0 Å². The highest BCUT2D eigenvalue weighted by Gasteiger charge is 2.20. The molecule has 0 aliphatic rings. The second kappa shape index (κ2) is 9.17. The first-order valence-electron chi connectivity index (χ1n) is 10.9. The summed E-state index contributed by atoms with van der Waals surface area (Å²) in [4.78, 5) is 9.92. The van der Waals surface area contributed by atoms with Crippen molar-refractivity contribution in [1.29, 1.82) is 0 Å². The fraction of sp³-hybridized carbons (Fsp3) is 0.520. The molecule has 0 unspecified atom stereocenters. The number of aryl methyl sites for hydroxylation is 2. The van der Waals surface area contributed by atoms with Crippen molar-refractivity contribution in [1.82, 2.24) is 14.5 Å². The molecule has 0 aliphatic carbocycles. The van der Waals surface area contributed by atoms with Gasteiger partial charge in [0.25, 0.3) is 0 Å². The zero-order chi connectivity index (χ0) is 22.0. The van der Waals surface area contributed by atoms with Crippen molar-refractivity contribution in [2.45, 2.75) is 73.0 Å². The SMILES string of the molecule is CC[C@H](COC)n1cc(C)c2nc(-c3ccc(C(C)C)nc3OC(C)C)c(C)cc21. The van der Waals surface area contributed by atoms with E-state index in [0.29, 0.717) is 24.4 Å². The molecule has 0 radical (unpaired) electrons. The van der Waals surface area contributed by atoms with Crippen LogP contribution in [0.25, 0.3) is 22.3 Å². The van der Waals surface area contributed by atoms with Crippen LogP contribution in [0.4, 0.5) is 0 Å². The van der Waals surface area contributed by atoms with Crippen LogP contribution in [0.3, 0.4) is 0 Å². The Balaban J connectivity index is 2.18. The Morgan fingerprint density at radius 3 is 2.37 bits per heavy atom. The lowest BCUT2D eigenvalue weighted by atomic mass is 10.0. The average Bonchev–Trinajstić information content (AvgIpc) is 3.00. The molecular weight excluding hydrogens is 374 g/mol. The van der Waals surface area contributed by atoms with E-state index >= 15 is 0 Å². The van der Waals surface area contributed by atoms with Gasteiger partial charge in [0.15, 0.2) is 0 Å². The summed E-state index contributed by atoms with van der Waals surface area (Å²) >= 11 is 0. The predicted octanol–water partition coefficient (Wildman–Crippen LogP) is 6.22. The van der Waals surface area contributed by atoms with Crippen LogP contribution < -0.4 is 4.74 Å². The summed E-state index contributed by atoms with van der Waals surface area (Å²) in [5, 5.41) is 0. The topological polar surface area (TPSA) is 49.2 Å². The number of fused-ring (bicyclic) bond motifs is 1. The largest absolute Gasteiger partial charge is 0.474 e. The molecule has 3 aromatic heterocycles. The number of nitrogens with zero attached hydrogens (tertiary/aromatic N) is 3. The van der Waals surface area contributed by atoms with Crippen LogP contribution in [0.2, 0.25) is 0 Å². The van der Waals surface area contributed by atoms with E-state index in [1.54, 1.807) is 7.11 Å². The molecule has 0 amide bonds. The van der Waals surface area contributed by atoms with E-state index in [2.05, 4.69) is 63.6 Å². The maximum absolute atomic E-state index is 6.11. The Kier molecular flexibility index (Phi) is 6.81. The van der Waals surface area contributed by atoms with Crippen molar-refractivity contribution in [3.63, 3.8) is 0 Å². The first kappa shape index (κ1) is 22.3. The minimum Gasteiger partial charge on any atom is -0.474 e. The van der Waals surface area contributed by atoms with E-state index in [1.807, 2.05) is 13.8 Å². The highest BCUT2D eigenvalue weighted by molar-refractivity contribution is 5.85. The average molecular weight is 410 g/mol. The van der Waals surface area contributed by atoms with Crippen LogP contribution in [-0.4, -0.2) is 34.4 Å². The second-order valence-electron chi connectivity index (χ2n) is 8.67. The lowest BCUT2D eigenvalue weighted by Crippen LogP contribution is -2.13. The van der Waals surface area contributed by atoms with Crippen LogP contribution in [-0.2, 0) is 4.74 Å². The normalized spacial score (nSPS) is 12.9. The summed E-state index contributed by atoms with van der Waals surface area (Å²) in [6.45, 7) is 15.5. The summed E-state index contributed by atoms with van der Waals surface area (Å²) in [6.07, 6.45) is 3.25. The summed E-state index contributed by atoms with van der Waals surface area (Å²) in [7, 11) is 1.76. The van der Waals surface area contributed by atoms with Gasteiger partial charge in [-0.25, -0.2) is 9.97 Å². The van der Waals surface area contributed by atoms with Crippen LogP contribution >= 0.6 is 0 Å². The molecule has 0 N–H and O–H groups in total. The monoisotopic (exact) mass is 409 g/mol. The van der Waals surface area contributed by atoms with Gasteiger partial charge >= 0.3 is 0 Å². The lowest BCUT2D eigenvalue weighted by Gasteiger charge is -2.19. The molecule has 0 fully saturated rings. The van der Waals surface area contributed by atoms with Crippen molar-refractivity contribution in [2.75, 3.05) is 13.7 Å². The summed E-state index contributed by atoms with van der Waals surface area (Å²) in [6, 6.07) is 6.72. The number of ether oxygens (including phenoxy) is 2. The zero-order valence-electron chi connectivity index (χ0n) is 19.6. The van der Waals surface area contributed by atoms with E-state index in [1.165, 1.54) is 5.56 Å². The van der Waals surface area contributed by atoms with Crippen LogP contribution in [0.1, 0.15) is 69.8 Å². The maximum Gasteiger partial charge on any atom is 0.223 e. The first-order valence-corrected chi connectivity index (χ1v) is 10.9. The van der Waals surface area contributed by atoms with Crippen LogP contribution in [0.15, 0.2) is 24.4 Å². The van der Waals surface area contributed by atoms with Gasteiger partial charge in [-0.05, 0) is 69.4 Å². The van der Waals surface area contributed by atoms with E-state index in [-0.39, 0.29) is 6.10 Å². The molecule has 3 rings (SSSR count). The number of hydrogen-bond donors (Lipinski definition) is 0. The van der Waals surface area contributed by atoms with Gasteiger partial charge in [0.2, 0.25) is 5.88 Å². The van der Waals surface area contributed by atoms with Crippen LogP contribution in [0.5, 0.6) is 5.88 Å². The van der Waals surface area contributed by atoms with Gasteiger partial charge < -0.3 is 14.0 Å². The van der Waals surface area contributed by atoms with Gasteiger partial charge in [0.1, 0.15) is 0 Å². The summed E-state index contributed by atoms with van der Waals surface area (Å²) in [5.41, 5.74) is 7.36. The molecule has 1 atom stereocenters. The first-order chi connectivity index (χ1) is 14.3. The number of pyridine rings is 2. The molecule has 0 bridgehead atoms. The zero-order valence-corrected chi connectivity index (χ0v) is 19.6. The molecule has 0 aliphatic heterocycles. The summed E-state index contributed by atoms with van der Waals surface area (Å²) < 4.78 is 13.9. The molecule has 3 aromatic rings. The Labute approximate surface area is 180 Å². The third-order valence-corrected chi connectivity index (χ3v) is 5.48. The van der Waals surface area contributed by atoms with E-state index in [9.17, 15) is 0 Å². The van der Waals surface area contributed by atoms with Gasteiger partial charge in [0, 0.05) is 19.0 Å². The number of rotatable bonds is 8. The quantitative estimate of drug-likeness (QED) is 0.443. The lowest BCUT2D eigenvalue weighted by molar-refractivity contribution is 0.155. The standard InChI is InChI=1S/C25H35N3O2/c1-9-19(14-29-8)28-13-18(7)24-22(28)12-17(6)23(27-24)20-10-11-21(15(2)3)26-25(20)30-16(4)5/h10-13,15-16,19H,9,14H2,1-8H3/t19-/m1/s1. The van der Waals surface area contributed by atoms with Gasteiger partial charge in [-0.15, -0.1) is 0 Å². The fourth-order valence-electron chi connectivity index (χ4n) is 3.86. The Hall–Kier alpha value is -2.40. The van der Waals surface area contributed by atoms with Gasteiger partial charge in [0.05, 0.1) is 41.0 Å². The van der Waals surface area contributed by atoms with Crippen molar-refractivity contribution in [2.24, 2.45) is 0 Å². The molecule has 162 valence electrons. The van der Waals surface area contributed by atoms with E-state index < -0.39 is 0 Å². The van der Waals surface area contributed by atoms with E-state index in [4.69, 9.17) is 19.4 Å². The van der Waals surface area contributed by atoms with Crippen molar-refractivity contribution in [3.8, 4) is 17.1 Å². The van der Waals surface area contributed by atoms with Crippen molar-refractivity contribution >= 4 is 11.0 Å². The molecule has 30 heavy (non-hydrogen) atoms. The number of hydrogen-bond acceptors (Lipinski definition) is 4. The molecule has 0 saturated carbocycles. The third-order valence-electron chi connectivity index (χ3n) is 5.48. The number of methoxy groups -OCH3 is 1. The molecule has 5 heteroatoms. The van der Waals surface area contributed by atoms with Gasteiger partial charge in [-0.3, -0.25) is 0 Å². The smallest absolute Gasteiger partial charge is 0.223 e. The molecular formula is C25H35N3O2.